The lowest BCUT2D eigenvalue weighted by molar-refractivity contribution is -0.124. The van der Waals surface area contributed by atoms with Crippen molar-refractivity contribution in [1.82, 2.24) is 5.32 Å². The lowest BCUT2D eigenvalue weighted by atomic mass is 10.1. The number of rotatable bonds is 9. The fourth-order valence-electron chi connectivity index (χ4n) is 2.81. The molecule has 0 aliphatic rings. The first-order valence-electron chi connectivity index (χ1n) is 9.87. The molecule has 0 atom stereocenters. The van der Waals surface area contributed by atoms with E-state index in [1.807, 2.05) is 92.0 Å². The van der Waals surface area contributed by atoms with Crippen LogP contribution >= 0.6 is 67.8 Å². The van der Waals surface area contributed by atoms with E-state index < -0.39 is 18.5 Å². The number of nitrogens with one attached hydrogen (secondary N) is 3. The van der Waals surface area contributed by atoms with Gasteiger partial charge in [0.2, 0.25) is 11.8 Å². The lowest BCUT2D eigenvalue weighted by Gasteiger charge is -2.19. The third-order valence-corrected chi connectivity index (χ3v) is 7.59. The van der Waals surface area contributed by atoms with E-state index in [1.165, 1.54) is 13.8 Å². The molecule has 0 fully saturated rings. The Hall–Kier alpha value is -1.69. The molecule has 0 saturated carbocycles. The third kappa shape index (κ3) is 7.93. The lowest BCUT2D eigenvalue weighted by Crippen LogP contribution is -2.31. The number of carbonyl (C=O) groups is 4. The van der Waals surface area contributed by atoms with Gasteiger partial charge in [0.05, 0.1) is 34.8 Å². The summed E-state index contributed by atoms with van der Waals surface area (Å²) in [5.41, 5.74) is 1.94. The SMILES string of the molecule is COc1ccc(CCNC(=O)COC(=O)c2c(I)c(NC(C)=O)c(I)c(NC(C)=O)c2I)cc1. The molecule has 2 rings (SSSR count). The number of esters is 1. The minimum absolute atomic E-state index is 0.153. The fraction of sp³-hybridized carbons (Fsp3) is 0.273. The molecule has 0 saturated heterocycles. The molecule has 0 spiro atoms. The third-order valence-electron chi connectivity index (χ3n) is 4.35. The Balaban J connectivity index is 2.09. The quantitative estimate of drug-likeness (QED) is 0.261. The van der Waals surface area contributed by atoms with Crippen LogP contribution in [0.3, 0.4) is 0 Å². The van der Waals surface area contributed by atoms with Crippen LogP contribution in [0.5, 0.6) is 5.75 Å². The number of ether oxygens (including phenoxy) is 2. The van der Waals surface area contributed by atoms with Gasteiger partial charge in [0.15, 0.2) is 6.61 Å². The minimum atomic E-state index is -0.742. The van der Waals surface area contributed by atoms with Gasteiger partial charge in [0.1, 0.15) is 5.75 Å². The van der Waals surface area contributed by atoms with Crippen LogP contribution in [0.4, 0.5) is 11.4 Å². The first-order chi connectivity index (χ1) is 16.0. The van der Waals surface area contributed by atoms with E-state index in [4.69, 9.17) is 9.47 Å². The highest BCUT2D eigenvalue weighted by molar-refractivity contribution is 14.1. The Labute approximate surface area is 237 Å². The zero-order valence-corrected chi connectivity index (χ0v) is 25.0. The fourth-order valence-corrected chi connectivity index (χ4v) is 6.95. The minimum Gasteiger partial charge on any atom is -0.497 e. The maximum atomic E-state index is 12.9. The van der Waals surface area contributed by atoms with E-state index in [0.29, 0.717) is 35.1 Å². The first-order valence-corrected chi connectivity index (χ1v) is 13.1. The molecule has 3 N–H and O–H groups in total. The monoisotopic (exact) mass is 805 g/mol. The summed E-state index contributed by atoms with van der Waals surface area (Å²) in [6, 6.07) is 7.50. The van der Waals surface area contributed by atoms with E-state index in [1.54, 1.807) is 7.11 Å². The van der Waals surface area contributed by atoms with E-state index >= 15 is 0 Å². The first kappa shape index (κ1) is 28.5. The molecule has 3 amide bonds. The number of hydrogen-bond acceptors (Lipinski definition) is 6. The van der Waals surface area contributed by atoms with Gasteiger partial charge in [-0.3, -0.25) is 14.4 Å². The van der Waals surface area contributed by atoms with Crippen molar-refractivity contribution in [1.29, 1.82) is 0 Å². The maximum absolute atomic E-state index is 12.9. The second-order valence-corrected chi connectivity index (χ2v) is 10.2. The molecule has 0 aromatic heterocycles. The highest BCUT2D eigenvalue weighted by Gasteiger charge is 2.27. The molecule has 0 aliphatic carbocycles. The maximum Gasteiger partial charge on any atom is 0.340 e. The molecule has 0 unspecified atom stereocenters. The van der Waals surface area contributed by atoms with E-state index in [0.717, 1.165) is 11.3 Å². The summed E-state index contributed by atoms with van der Waals surface area (Å²) in [5, 5.41) is 8.09. The topological polar surface area (TPSA) is 123 Å². The van der Waals surface area contributed by atoms with E-state index in [2.05, 4.69) is 16.0 Å². The number of benzene rings is 2. The zero-order valence-electron chi connectivity index (χ0n) is 18.5. The molecule has 2 aromatic carbocycles. The summed E-state index contributed by atoms with van der Waals surface area (Å²) in [7, 11) is 1.59. The van der Waals surface area contributed by atoms with Crippen LogP contribution in [-0.4, -0.2) is 44.0 Å². The number of amides is 3. The largest absolute Gasteiger partial charge is 0.497 e. The van der Waals surface area contributed by atoms with Crippen molar-refractivity contribution in [3.8, 4) is 5.75 Å². The summed E-state index contributed by atoms with van der Waals surface area (Å²) in [5.74, 6) is -1.10. The van der Waals surface area contributed by atoms with Crippen molar-refractivity contribution in [2.45, 2.75) is 20.3 Å². The van der Waals surface area contributed by atoms with Gasteiger partial charge >= 0.3 is 5.97 Å². The normalized spacial score (nSPS) is 10.3. The van der Waals surface area contributed by atoms with Gasteiger partial charge < -0.3 is 25.4 Å². The molecule has 0 bridgehead atoms. The Morgan fingerprint density at radius 3 is 1.85 bits per heavy atom. The molecule has 0 heterocycles. The van der Waals surface area contributed by atoms with Crippen LogP contribution in [0, 0.1) is 10.7 Å². The molecular weight excluding hydrogens is 783 g/mol. The Bertz CT molecular complexity index is 1060. The van der Waals surface area contributed by atoms with Gasteiger partial charge in [-0.05, 0) is 91.9 Å². The van der Waals surface area contributed by atoms with Crippen molar-refractivity contribution >= 4 is 103 Å². The van der Waals surface area contributed by atoms with Crippen molar-refractivity contribution in [2.24, 2.45) is 0 Å². The average Bonchev–Trinajstić information content (AvgIpc) is 2.78. The molecule has 0 radical (unpaired) electrons. The number of halogens is 3. The highest BCUT2D eigenvalue weighted by Crippen LogP contribution is 2.39. The predicted octanol–water partition coefficient (Wildman–Crippen LogP) is 3.94. The van der Waals surface area contributed by atoms with Crippen LogP contribution in [-0.2, 0) is 25.5 Å². The second-order valence-electron chi connectivity index (χ2n) is 6.95. The zero-order chi connectivity index (χ0) is 25.4. The number of methoxy groups -OCH3 is 1. The van der Waals surface area contributed by atoms with Crippen LogP contribution in [0.15, 0.2) is 24.3 Å². The standard InChI is InChI=1S/C22H22I3N3O6/c1-11(29)27-20-17(23)16(18(24)21(19(20)25)28-12(2)30)22(32)34-10-15(31)26-9-8-13-4-6-14(33-3)7-5-13/h4-7H,8-10H2,1-3H3,(H,26,31)(H,27,29)(H,28,30). The van der Waals surface area contributed by atoms with Gasteiger partial charge in [-0.15, -0.1) is 0 Å². The van der Waals surface area contributed by atoms with Crippen LogP contribution in [0.25, 0.3) is 0 Å². The van der Waals surface area contributed by atoms with Crippen molar-refractivity contribution < 1.29 is 28.7 Å². The smallest absolute Gasteiger partial charge is 0.340 e. The van der Waals surface area contributed by atoms with E-state index in [9.17, 15) is 19.2 Å². The van der Waals surface area contributed by atoms with Crippen LogP contribution in [0.1, 0.15) is 29.8 Å². The van der Waals surface area contributed by atoms with Crippen LogP contribution < -0.4 is 20.7 Å². The molecular formula is C22H22I3N3O6. The number of hydrogen-bond donors (Lipinski definition) is 3. The summed E-state index contributed by atoms with van der Waals surface area (Å²) < 4.78 is 11.8. The van der Waals surface area contributed by atoms with E-state index in [-0.39, 0.29) is 17.4 Å². The Kier molecular flexibility index (Phi) is 11.3. The number of carbonyl (C=O) groups excluding carboxylic acids is 4. The van der Waals surface area contributed by atoms with Gasteiger partial charge in [-0.25, -0.2) is 4.79 Å². The summed E-state index contributed by atoms with van der Waals surface area (Å²) in [6.07, 6.45) is 0.608. The van der Waals surface area contributed by atoms with Gasteiger partial charge in [-0.1, -0.05) is 12.1 Å². The van der Waals surface area contributed by atoms with Gasteiger partial charge in [0.25, 0.3) is 5.91 Å². The number of anilines is 2. The Morgan fingerprint density at radius 1 is 0.853 bits per heavy atom. The molecule has 34 heavy (non-hydrogen) atoms. The van der Waals surface area contributed by atoms with Crippen molar-refractivity contribution in [3.05, 3.63) is 46.1 Å². The highest BCUT2D eigenvalue weighted by atomic mass is 127. The van der Waals surface area contributed by atoms with Crippen LogP contribution in [0.2, 0.25) is 0 Å². The summed E-state index contributed by atoms with van der Waals surface area (Å²) >= 11 is 5.86. The molecule has 9 nitrogen and oxygen atoms in total. The molecule has 2 aromatic rings. The summed E-state index contributed by atoms with van der Waals surface area (Å²) in [4.78, 5) is 48.4. The second kappa shape index (κ2) is 13.4. The molecule has 12 heteroatoms. The summed E-state index contributed by atoms with van der Waals surface area (Å²) in [6.45, 7) is 2.60. The molecule has 0 aliphatic heterocycles. The van der Waals surface area contributed by atoms with Gasteiger partial charge in [-0.2, -0.15) is 0 Å². The van der Waals surface area contributed by atoms with Crippen molar-refractivity contribution in [2.75, 3.05) is 30.9 Å². The molecule has 182 valence electrons. The van der Waals surface area contributed by atoms with Crippen molar-refractivity contribution in [3.63, 3.8) is 0 Å². The predicted molar refractivity (Wildman–Crippen MR) is 153 cm³/mol. The van der Waals surface area contributed by atoms with Gasteiger partial charge in [0, 0.05) is 20.4 Å². The Morgan fingerprint density at radius 2 is 1.38 bits per heavy atom. The average molecular weight is 805 g/mol.